The molecule has 2 nitrogen and oxygen atoms in total. The molecule has 2 aromatic rings. The van der Waals surface area contributed by atoms with Gasteiger partial charge < -0.3 is 5.32 Å². The molecule has 0 aromatic heterocycles. The zero-order valence-electron chi connectivity index (χ0n) is 10.1. The first-order valence-corrected chi connectivity index (χ1v) is 6.70. The van der Waals surface area contributed by atoms with Crippen molar-refractivity contribution in [1.82, 2.24) is 5.32 Å². The lowest BCUT2D eigenvalue weighted by atomic mass is 10.1. The van der Waals surface area contributed by atoms with E-state index in [4.69, 9.17) is 23.2 Å². The van der Waals surface area contributed by atoms with Gasteiger partial charge in [-0.15, -0.1) is 11.6 Å². The smallest absolute Gasteiger partial charge is 0.242 e. The Bertz CT molecular complexity index is 557. The highest BCUT2D eigenvalue weighted by molar-refractivity contribution is 6.31. The maximum Gasteiger partial charge on any atom is 0.242 e. The molecule has 0 radical (unpaired) electrons. The Labute approximate surface area is 122 Å². The number of hydrogen-bond donors (Lipinski definition) is 1. The number of alkyl halides is 1. The van der Waals surface area contributed by atoms with Gasteiger partial charge >= 0.3 is 0 Å². The predicted octanol–water partition coefficient (Wildman–Crippen LogP) is 3.94. The molecule has 98 valence electrons. The van der Waals surface area contributed by atoms with Crippen molar-refractivity contribution in [1.29, 1.82) is 0 Å². The van der Waals surface area contributed by atoms with Gasteiger partial charge in [0.25, 0.3) is 0 Å². The van der Waals surface area contributed by atoms with Crippen LogP contribution in [0.4, 0.5) is 0 Å². The second-order valence-electron chi connectivity index (χ2n) is 4.08. The highest BCUT2D eigenvalue weighted by Crippen LogP contribution is 2.20. The molecule has 1 atom stereocenters. The third-order valence-corrected chi connectivity index (χ3v) is 3.55. The lowest BCUT2D eigenvalue weighted by molar-refractivity contribution is -0.121. The molecule has 0 spiro atoms. The Balaban J connectivity index is 1.97. The van der Waals surface area contributed by atoms with E-state index in [0.717, 1.165) is 11.1 Å². The van der Waals surface area contributed by atoms with Crippen molar-refractivity contribution in [3.05, 3.63) is 70.7 Å². The lowest BCUT2D eigenvalue weighted by Crippen LogP contribution is -2.26. The van der Waals surface area contributed by atoms with Crippen LogP contribution in [-0.2, 0) is 11.3 Å². The van der Waals surface area contributed by atoms with Crippen molar-refractivity contribution in [2.75, 3.05) is 0 Å². The normalized spacial score (nSPS) is 11.9. The van der Waals surface area contributed by atoms with Gasteiger partial charge in [-0.05, 0) is 17.2 Å². The highest BCUT2D eigenvalue weighted by Gasteiger charge is 2.16. The maximum absolute atomic E-state index is 11.9. The Hall–Kier alpha value is -1.51. The van der Waals surface area contributed by atoms with Gasteiger partial charge in [0.1, 0.15) is 5.38 Å². The van der Waals surface area contributed by atoms with Crippen LogP contribution in [0, 0.1) is 0 Å². The van der Waals surface area contributed by atoms with Crippen LogP contribution in [-0.4, -0.2) is 5.91 Å². The van der Waals surface area contributed by atoms with E-state index in [-0.39, 0.29) is 5.91 Å². The lowest BCUT2D eigenvalue weighted by Gasteiger charge is -2.11. The van der Waals surface area contributed by atoms with E-state index in [1.807, 2.05) is 48.5 Å². The van der Waals surface area contributed by atoms with Gasteiger partial charge in [0, 0.05) is 11.6 Å². The molecule has 0 bridgehead atoms. The van der Waals surface area contributed by atoms with E-state index in [1.165, 1.54) is 0 Å². The van der Waals surface area contributed by atoms with Gasteiger partial charge in [-0.3, -0.25) is 4.79 Å². The van der Waals surface area contributed by atoms with Gasteiger partial charge in [0.2, 0.25) is 5.91 Å². The SMILES string of the molecule is O=C(NCc1ccccc1Cl)[C@H](Cl)c1ccccc1. The van der Waals surface area contributed by atoms with Crippen LogP contribution in [0.25, 0.3) is 0 Å². The third-order valence-electron chi connectivity index (χ3n) is 2.73. The Kier molecular flexibility index (Phi) is 4.83. The third kappa shape index (κ3) is 3.72. The molecule has 0 saturated heterocycles. The van der Waals surface area contributed by atoms with E-state index < -0.39 is 5.38 Å². The summed E-state index contributed by atoms with van der Waals surface area (Å²) in [7, 11) is 0. The Morgan fingerprint density at radius 1 is 1.05 bits per heavy atom. The summed E-state index contributed by atoms with van der Waals surface area (Å²) in [5, 5.41) is 2.72. The molecule has 0 saturated carbocycles. The number of rotatable bonds is 4. The predicted molar refractivity (Wildman–Crippen MR) is 78.3 cm³/mol. The van der Waals surface area contributed by atoms with Gasteiger partial charge in [0.05, 0.1) is 0 Å². The first kappa shape index (κ1) is 13.9. The molecule has 0 unspecified atom stereocenters. The van der Waals surface area contributed by atoms with Crippen LogP contribution < -0.4 is 5.32 Å². The molecule has 0 fully saturated rings. The molecule has 4 heteroatoms. The Morgan fingerprint density at radius 3 is 2.37 bits per heavy atom. The van der Waals surface area contributed by atoms with Gasteiger partial charge in [-0.2, -0.15) is 0 Å². The van der Waals surface area contributed by atoms with Gasteiger partial charge in [-0.25, -0.2) is 0 Å². The number of hydrogen-bond acceptors (Lipinski definition) is 1. The molecule has 1 N–H and O–H groups in total. The van der Waals surface area contributed by atoms with E-state index in [2.05, 4.69) is 5.32 Å². The van der Waals surface area contributed by atoms with Crippen LogP contribution in [0.3, 0.4) is 0 Å². The van der Waals surface area contributed by atoms with E-state index in [9.17, 15) is 4.79 Å². The fourth-order valence-corrected chi connectivity index (χ4v) is 2.11. The summed E-state index contributed by atoms with van der Waals surface area (Å²) in [6.07, 6.45) is 0. The second kappa shape index (κ2) is 6.60. The molecular formula is C15H13Cl2NO. The number of halogens is 2. The fraction of sp³-hybridized carbons (Fsp3) is 0.133. The average Bonchev–Trinajstić information content (AvgIpc) is 2.46. The molecule has 0 aliphatic carbocycles. The van der Waals surface area contributed by atoms with Gasteiger partial charge in [-0.1, -0.05) is 60.1 Å². The van der Waals surface area contributed by atoms with Crippen molar-refractivity contribution < 1.29 is 4.79 Å². The number of benzene rings is 2. The van der Waals surface area contributed by atoms with Crippen molar-refractivity contribution >= 4 is 29.1 Å². The summed E-state index contributed by atoms with van der Waals surface area (Å²) >= 11 is 12.1. The molecule has 2 rings (SSSR count). The number of amides is 1. The molecule has 1 amide bonds. The van der Waals surface area contributed by atoms with Crippen molar-refractivity contribution in [3.63, 3.8) is 0 Å². The van der Waals surface area contributed by atoms with Crippen LogP contribution >= 0.6 is 23.2 Å². The first-order valence-electron chi connectivity index (χ1n) is 5.88. The zero-order valence-corrected chi connectivity index (χ0v) is 11.7. The summed E-state index contributed by atoms with van der Waals surface area (Å²) in [4.78, 5) is 11.9. The number of carbonyl (C=O) groups is 1. The summed E-state index contributed by atoms with van der Waals surface area (Å²) in [6.45, 7) is 0.370. The van der Waals surface area contributed by atoms with Crippen LogP contribution in [0.2, 0.25) is 5.02 Å². The van der Waals surface area contributed by atoms with Crippen LogP contribution in [0.15, 0.2) is 54.6 Å². The number of carbonyl (C=O) groups excluding carboxylic acids is 1. The number of nitrogens with one attached hydrogen (secondary N) is 1. The standard InChI is InChI=1S/C15H13Cl2NO/c16-13-9-5-4-8-12(13)10-18-15(19)14(17)11-6-2-1-3-7-11/h1-9,14H,10H2,(H,18,19)/t14-/m1/s1. The van der Waals surface area contributed by atoms with E-state index >= 15 is 0 Å². The van der Waals surface area contributed by atoms with Gasteiger partial charge in [0.15, 0.2) is 0 Å². The largest absolute Gasteiger partial charge is 0.350 e. The molecule has 0 aliphatic rings. The van der Waals surface area contributed by atoms with E-state index in [1.54, 1.807) is 6.07 Å². The van der Waals surface area contributed by atoms with Crippen molar-refractivity contribution in [3.8, 4) is 0 Å². The molecule has 0 heterocycles. The zero-order chi connectivity index (χ0) is 13.7. The van der Waals surface area contributed by atoms with Crippen molar-refractivity contribution in [2.45, 2.75) is 11.9 Å². The molecular weight excluding hydrogens is 281 g/mol. The minimum Gasteiger partial charge on any atom is -0.350 e. The summed E-state index contributed by atoms with van der Waals surface area (Å²) in [5.74, 6) is -0.229. The van der Waals surface area contributed by atoms with Crippen LogP contribution in [0.5, 0.6) is 0 Å². The first-order chi connectivity index (χ1) is 9.18. The summed E-state index contributed by atoms with van der Waals surface area (Å²) in [5.41, 5.74) is 1.65. The minimum atomic E-state index is -0.691. The average molecular weight is 294 g/mol. The van der Waals surface area contributed by atoms with Crippen LogP contribution in [0.1, 0.15) is 16.5 Å². The fourth-order valence-electron chi connectivity index (χ4n) is 1.69. The monoisotopic (exact) mass is 293 g/mol. The highest BCUT2D eigenvalue weighted by atomic mass is 35.5. The minimum absolute atomic E-state index is 0.229. The summed E-state index contributed by atoms with van der Waals surface area (Å²) in [6, 6.07) is 16.6. The molecule has 0 aliphatic heterocycles. The maximum atomic E-state index is 11.9. The molecule has 2 aromatic carbocycles. The summed E-state index contributed by atoms with van der Waals surface area (Å²) < 4.78 is 0. The quantitative estimate of drug-likeness (QED) is 0.850. The topological polar surface area (TPSA) is 29.1 Å². The molecule has 19 heavy (non-hydrogen) atoms. The Morgan fingerprint density at radius 2 is 1.68 bits per heavy atom. The van der Waals surface area contributed by atoms with E-state index in [0.29, 0.717) is 11.6 Å². The van der Waals surface area contributed by atoms with Crippen molar-refractivity contribution in [2.24, 2.45) is 0 Å². The second-order valence-corrected chi connectivity index (χ2v) is 4.93.